The molecule has 0 radical (unpaired) electrons. The first kappa shape index (κ1) is 25.2. The van der Waals surface area contributed by atoms with Gasteiger partial charge in [0.25, 0.3) is 0 Å². The fourth-order valence-corrected chi connectivity index (χ4v) is 3.23. The van der Waals surface area contributed by atoms with E-state index in [4.69, 9.17) is 4.74 Å². The molecule has 0 atom stereocenters. The van der Waals surface area contributed by atoms with Gasteiger partial charge >= 0.3 is 0 Å². The lowest BCUT2D eigenvalue weighted by Gasteiger charge is -2.33. The van der Waals surface area contributed by atoms with Gasteiger partial charge in [0.15, 0.2) is 5.96 Å². The minimum absolute atomic E-state index is 0. The summed E-state index contributed by atoms with van der Waals surface area (Å²) in [4.78, 5) is 7.21. The average Bonchev–Trinajstić information content (AvgIpc) is 2.67. The van der Waals surface area contributed by atoms with E-state index in [9.17, 15) is 0 Å². The van der Waals surface area contributed by atoms with Gasteiger partial charge in [0.2, 0.25) is 0 Å². The largest absolute Gasteiger partial charge is 0.380 e. The summed E-state index contributed by atoms with van der Waals surface area (Å²) in [6.45, 7) is 13.0. The molecule has 6 heteroatoms. The van der Waals surface area contributed by atoms with E-state index >= 15 is 0 Å². The van der Waals surface area contributed by atoms with Gasteiger partial charge in [-0.2, -0.15) is 0 Å². The van der Waals surface area contributed by atoms with Gasteiger partial charge in [0, 0.05) is 38.8 Å². The SMILES string of the molecule is CCNC(=NCCOCCC(C)C)NC1CCN(Cc2ccccc2)CC1.I. The van der Waals surface area contributed by atoms with Crippen molar-refractivity contribution in [2.24, 2.45) is 10.9 Å². The Morgan fingerprint density at radius 2 is 1.89 bits per heavy atom. The highest BCUT2D eigenvalue weighted by Gasteiger charge is 2.19. The molecule has 2 N–H and O–H groups in total. The molecule has 0 spiro atoms. The molecule has 5 nitrogen and oxygen atoms in total. The number of piperidine rings is 1. The van der Waals surface area contributed by atoms with Crippen LogP contribution in [0.15, 0.2) is 35.3 Å². The van der Waals surface area contributed by atoms with E-state index in [1.54, 1.807) is 0 Å². The molecular weight excluding hydrogens is 463 g/mol. The molecule has 28 heavy (non-hydrogen) atoms. The van der Waals surface area contributed by atoms with Gasteiger partial charge in [0.1, 0.15) is 0 Å². The third kappa shape index (κ3) is 10.6. The van der Waals surface area contributed by atoms with E-state index in [2.05, 4.69) is 71.6 Å². The van der Waals surface area contributed by atoms with Crippen molar-refractivity contribution in [2.45, 2.75) is 52.6 Å². The van der Waals surface area contributed by atoms with E-state index in [0.717, 1.165) is 58.0 Å². The topological polar surface area (TPSA) is 48.9 Å². The molecule has 1 fully saturated rings. The van der Waals surface area contributed by atoms with Crippen LogP contribution in [0.25, 0.3) is 0 Å². The Balaban J connectivity index is 0.00000392. The van der Waals surface area contributed by atoms with Crippen LogP contribution < -0.4 is 10.6 Å². The number of rotatable bonds is 10. The summed E-state index contributed by atoms with van der Waals surface area (Å²) in [5, 5.41) is 6.97. The number of guanidine groups is 1. The Labute approximate surface area is 188 Å². The monoisotopic (exact) mass is 502 g/mol. The average molecular weight is 502 g/mol. The van der Waals surface area contributed by atoms with Crippen LogP contribution in [-0.4, -0.2) is 56.3 Å². The maximum atomic E-state index is 5.66. The molecule has 160 valence electrons. The first-order valence-corrected chi connectivity index (χ1v) is 10.6. The maximum absolute atomic E-state index is 5.66. The maximum Gasteiger partial charge on any atom is 0.191 e. The number of hydrogen-bond donors (Lipinski definition) is 2. The van der Waals surface area contributed by atoms with Crippen molar-refractivity contribution in [2.75, 3.05) is 39.4 Å². The molecule has 1 aromatic carbocycles. The zero-order valence-corrected chi connectivity index (χ0v) is 20.2. The second-order valence-corrected chi connectivity index (χ2v) is 7.74. The molecule has 0 saturated carbocycles. The summed E-state index contributed by atoms with van der Waals surface area (Å²) in [6, 6.07) is 11.2. The van der Waals surface area contributed by atoms with Crippen LogP contribution in [0.5, 0.6) is 0 Å². The normalized spacial score (nSPS) is 16.1. The molecular formula is C22H39IN4O. The summed E-state index contributed by atoms with van der Waals surface area (Å²) >= 11 is 0. The minimum atomic E-state index is 0. The lowest BCUT2D eigenvalue weighted by molar-refractivity contribution is 0.130. The molecule has 2 rings (SSSR count). The first-order chi connectivity index (χ1) is 13.2. The fourth-order valence-electron chi connectivity index (χ4n) is 3.23. The van der Waals surface area contributed by atoms with Gasteiger partial charge in [-0.15, -0.1) is 24.0 Å². The Hall–Kier alpha value is -0.860. The molecule has 1 heterocycles. The van der Waals surface area contributed by atoms with Gasteiger partial charge in [-0.1, -0.05) is 44.2 Å². The molecule has 0 unspecified atom stereocenters. The third-order valence-corrected chi connectivity index (χ3v) is 4.87. The van der Waals surface area contributed by atoms with Crippen molar-refractivity contribution in [1.82, 2.24) is 15.5 Å². The van der Waals surface area contributed by atoms with Crippen LogP contribution >= 0.6 is 24.0 Å². The van der Waals surface area contributed by atoms with Gasteiger partial charge in [-0.25, -0.2) is 0 Å². The van der Waals surface area contributed by atoms with Crippen molar-refractivity contribution in [1.29, 1.82) is 0 Å². The number of halogens is 1. The number of nitrogens with zero attached hydrogens (tertiary/aromatic N) is 2. The van der Waals surface area contributed by atoms with E-state index in [0.29, 0.717) is 25.1 Å². The van der Waals surface area contributed by atoms with Crippen molar-refractivity contribution in [3.8, 4) is 0 Å². The van der Waals surface area contributed by atoms with Crippen molar-refractivity contribution in [3.05, 3.63) is 35.9 Å². The van der Waals surface area contributed by atoms with Gasteiger partial charge in [0.05, 0.1) is 13.2 Å². The quantitative estimate of drug-likeness (QED) is 0.221. The molecule has 0 amide bonds. The lowest BCUT2D eigenvalue weighted by atomic mass is 10.0. The molecule has 1 aromatic rings. The number of likely N-dealkylation sites (tertiary alicyclic amines) is 1. The van der Waals surface area contributed by atoms with Gasteiger partial charge in [-0.05, 0) is 37.7 Å². The number of ether oxygens (including phenoxy) is 1. The summed E-state index contributed by atoms with van der Waals surface area (Å²) in [5.74, 6) is 1.62. The standard InChI is InChI=1S/C22H38N4O.HI/c1-4-23-22(24-13-17-27-16-12-19(2)3)25-21-10-14-26(15-11-21)18-20-8-6-5-7-9-20;/h5-9,19,21H,4,10-18H2,1-3H3,(H2,23,24,25);1H. The molecule has 1 aliphatic heterocycles. The predicted molar refractivity (Wildman–Crippen MR) is 130 cm³/mol. The van der Waals surface area contributed by atoms with Crippen LogP contribution in [0, 0.1) is 5.92 Å². The van der Waals surface area contributed by atoms with E-state index in [1.165, 1.54) is 5.56 Å². The molecule has 0 bridgehead atoms. The van der Waals surface area contributed by atoms with E-state index in [-0.39, 0.29) is 24.0 Å². The molecule has 1 aliphatic rings. The smallest absolute Gasteiger partial charge is 0.191 e. The Bertz CT molecular complexity index is 531. The minimum Gasteiger partial charge on any atom is -0.380 e. The summed E-state index contributed by atoms with van der Waals surface area (Å²) < 4.78 is 5.66. The van der Waals surface area contributed by atoms with Crippen LogP contribution in [0.1, 0.15) is 45.6 Å². The fraction of sp³-hybridized carbons (Fsp3) is 0.682. The van der Waals surface area contributed by atoms with Crippen molar-refractivity contribution in [3.63, 3.8) is 0 Å². The molecule has 0 aliphatic carbocycles. The number of hydrogen-bond acceptors (Lipinski definition) is 3. The lowest BCUT2D eigenvalue weighted by Crippen LogP contribution is -2.48. The zero-order chi connectivity index (χ0) is 19.3. The van der Waals surface area contributed by atoms with E-state index < -0.39 is 0 Å². The molecule has 1 saturated heterocycles. The summed E-state index contributed by atoms with van der Waals surface area (Å²) in [7, 11) is 0. The summed E-state index contributed by atoms with van der Waals surface area (Å²) in [6.07, 6.45) is 3.42. The Morgan fingerprint density at radius 3 is 2.54 bits per heavy atom. The summed E-state index contributed by atoms with van der Waals surface area (Å²) in [5.41, 5.74) is 1.40. The Kier molecular flexibility index (Phi) is 13.5. The highest BCUT2D eigenvalue weighted by atomic mass is 127. The van der Waals surface area contributed by atoms with Gasteiger partial charge < -0.3 is 15.4 Å². The Morgan fingerprint density at radius 1 is 1.18 bits per heavy atom. The van der Waals surface area contributed by atoms with Crippen LogP contribution in [0.3, 0.4) is 0 Å². The highest BCUT2D eigenvalue weighted by Crippen LogP contribution is 2.13. The second kappa shape index (κ2) is 15.0. The second-order valence-electron chi connectivity index (χ2n) is 7.74. The van der Waals surface area contributed by atoms with Crippen LogP contribution in [0.4, 0.5) is 0 Å². The first-order valence-electron chi connectivity index (χ1n) is 10.6. The van der Waals surface area contributed by atoms with E-state index in [1.807, 2.05) is 0 Å². The van der Waals surface area contributed by atoms with Gasteiger partial charge in [-0.3, -0.25) is 9.89 Å². The number of benzene rings is 1. The van der Waals surface area contributed by atoms with Crippen molar-refractivity contribution < 1.29 is 4.74 Å². The van der Waals surface area contributed by atoms with Crippen LogP contribution in [0.2, 0.25) is 0 Å². The van der Waals surface area contributed by atoms with Crippen LogP contribution in [-0.2, 0) is 11.3 Å². The van der Waals surface area contributed by atoms with Crippen molar-refractivity contribution >= 4 is 29.9 Å². The number of nitrogens with one attached hydrogen (secondary N) is 2. The highest BCUT2D eigenvalue weighted by molar-refractivity contribution is 14.0. The zero-order valence-electron chi connectivity index (χ0n) is 17.8. The number of aliphatic imine (C=N–C) groups is 1. The predicted octanol–water partition coefficient (Wildman–Crippen LogP) is 3.89. The molecule has 0 aromatic heterocycles. The third-order valence-electron chi connectivity index (χ3n) is 4.87.